The average Bonchev–Trinajstić information content (AvgIpc) is 2.02. The van der Waals surface area contributed by atoms with E-state index in [0.717, 1.165) is 0 Å². The fourth-order valence-corrected chi connectivity index (χ4v) is 0.322. The van der Waals surface area contributed by atoms with Gasteiger partial charge in [0.2, 0.25) is 0 Å². The number of nitriles is 1. The second kappa shape index (κ2) is 6.70. The van der Waals surface area contributed by atoms with Crippen molar-refractivity contribution in [3.63, 3.8) is 0 Å². The fraction of sp³-hybridized carbons (Fsp3) is 0.692. The van der Waals surface area contributed by atoms with E-state index in [9.17, 15) is 4.79 Å². The fourth-order valence-electron chi connectivity index (χ4n) is 0.273. The normalized spacial score (nSPS) is 12.3. The predicted octanol–water partition coefficient (Wildman–Crippen LogP) is 4.30. The third kappa shape index (κ3) is 9.73. The second-order valence-corrected chi connectivity index (χ2v) is 6.08. The van der Waals surface area contributed by atoms with Gasteiger partial charge in [0.05, 0.1) is 6.07 Å². The number of allylic oxidation sites excluding steroid dienone is 2. The van der Waals surface area contributed by atoms with Crippen LogP contribution in [0.25, 0.3) is 0 Å². The number of rotatable bonds is 0. The topological polar surface area (TPSA) is 40.9 Å². The van der Waals surface area contributed by atoms with Gasteiger partial charge >= 0.3 is 0 Å². The summed E-state index contributed by atoms with van der Waals surface area (Å²) < 4.78 is 0. The molecule has 16 heavy (non-hydrogen) atoms. The zero-order valence-corrected chi connectivity index (χ0v) is 12.1. The van der Waals surface area contributed by atoms with Gasteiger partial charge < -0.3 is 0 Å². The monoisotopic (exact) mass is 243 g/mol. The maximum Gasteiger partial charge on any atom is 0.135 e. The number of carbonyl (C=O) groups excluding carboxylic acids is 1. The van der Waals surface area contributed by atoms with Crippen LogP contribution in [-0.4, -0.2) is 5.78 Å². The van der Waals surface area contributed by atoms with Crippen LogP contribution in [-0.2, 0) is 4.79 Å². The summed E-state index contributed by atoms with van der Waals surface area (Å²) >= 11 is 5.70. The summed E-state index contributed by atoms with van der Waals surface area (Å²) in [4.78, 5) is 10.5. The van der Waals surface area contributed by atoms with E-state index in [1.807, 2.05) is 47.6 Å². The van der Waals surface area contributed by atoms with Gasteiger partial charge in [0, 0.05) is 16.5 Å². The lowest BCUT2D eigenvalue weighted by atomic mass is 9.92. The van der Waals surface area contributed by atoms with Crippen LogP contribution >= 0.6 is 11.6 Å². The molecule has 0 rings (SSSR count). The van der Waals surface area contributed by atoms with Crippen molar-refractivity contribution in [3.05, 3.63) is 11.1 Å². The molecule has 0 heterocycles. The first-order valence-corrected chi connectivity index (χ1v) is 5.57. The molecule has 0 N–H and O–H groups in total. The largest absolute Gasteiger partial charge is 0.299 e. The van der Waals surface area contributed by atoms with Crippen LogP contribution in [0.15, 0.2) is 11.1 Å². The van der Waals surface area contributed by atoms with Gasteiger partial charge in [0.1, 0.15) is 5.78 Å². The molecule has 0 unspecified atom stereocenters. The van der Waals surface area contributed by atoms with E-state index in [0.29, 0.717) is 5.03 Å². The standard InChI is InChI=1S/C7H10ClN.C6H12O/c1-7(2,3)6(8)4-5-9;1-5(7)6(2,3)4/h4H,1-3H3;1-4H3/b6-4-;. The Morgan fingerprint density at radius 1 is 1.12 bits per heavy atom. The maximum atomic E-state index is 10.5. The molecule has 0 bridgehead atoms. The summed E-state index contributed by atoms with van der Waals surface area (Å²) in [6, 6.07) is 1.88. The van der Waals surface area contributed by atoms with Crippen LogP contribution < -0.4 is 0 Å². The first kappa shape index (κ1) is 17.6. The highest BCUT2D eigenvalue weighted by atomic mass is 35.5. The Morgan fingerprint density at radius 3 is 1.50 bits per heavy atom. The van der Waals surface area contributed by atoms with E-state index >= 15 is 0 Å². The Hall–Kier alpha value is -0.810. The molecule has 0 aromatic rings. The smallest absolute Gasteiger partial charge is 0.135 e. The van der Waals surface area contributed by atoms with E-state index in [4.69, 9.17) is 16.9 Å². The predicted molar refractivity (Wildman–Crippen MR) is 69.1 cm³/mol. The highest BCUT2D eigenvalue weighted by molar-refractivity contribution is 6.30. The quantitative estimate of drug-likeness (QED) is 0.595. The molecule has 0 aromatic carbocycles. The summed E-state index contributed by atoms with van der Waals surface area (Å²) in [5.74, 6) is 0.243. The molecular weight excluding hydrogens is 222 g/mol. The van der Waals surface area contributed by atoms with Crippen molar-refractivity contribution in [2.45, 2.75) is 48.5 Å². The SMILES string of the molecule is CC(=O)C(C)(C)C.CC(C)(C)/C(Cl)=C/C#N. The number of hydrogen-bond donors (Lipinski definition) is 0. The molecule has 0 saturated carbocycles. The molecule has 0 radical (unpaired) electrons. The third-order valence-corrected chi connectivity index (χ3v) is 2.64. The molecule has 0 amide bonds. The Labute approximate surface area is 104 Å². The molecule has 2 nitrogen and oxygen atoms in total. The van der Waals surface area contributed by atoms with E-state index in [1.165, 1.54) is 6.08 Å². The zero-order chi connectivity index (χ0) is 13.6. The Morgan fingerprint density at radius 2 is 1.44 bits per heavy atom. The van der Waals surface area contributed by atoms with Gasteiger partial charge in [-0.15, -0.1) is 0 Å². The first-order chi connectivity index (χ1) is 6.92. The third-order valence-electron chi connectivity index (χ3n) is 1.96. The molecule has 0 fully saturated rings. The van der Waals surface area contributed by atoms with Crippen molar-refractivity contribution in [1.29, 1.82) is 5.26 Å². The number of Topliss-reactive ketones (excluding diaryl/α,β-unsaturated/α-hetero) is 1. The van der Waals surface area contributed by atoms with Crippen molar-refractivity contribution >= 4 is 17.4 Å². The summed E-state index contributed by atoms with van der Waals surface area (Å²) in [5.41, 5.74) is -0.225. The zero-order valence-electron chi connectivity index (χ0n) is 11.3. The van der Waals surface area contributed by atoms with Crippen LogP contribution in [0.5, 0.6) is 0 Å². The van der Waals surface area contributed by atoms with Gasteiger partial charge in [-0.1, -0.05) is 53.1 Å². The lowest BCUT2D eigenvalue weighted by Gasteiger charge is -2.15. The summed E-state index contributed by atoms with van der Waals surface area (Å²) in [6.45, 7) is 13.2. The number of hydrogen-bond acceptors (Lipinski definition) is 2. The van der Waals surface area contributed by atoms with E-state index < -0.39 is 0 Å². The van der Waals surface area contributed by atoms with Crippen molar-refractivity contribution in [3.8, 4) is 6.07 Å². The molecule has 0 aromatic heterocycles. The average molecular weight is 244 g/mol. The van der Waals surface area contributed by atoms with Crippen LogP contribution in [0.4, 0.5) is 0 Å². The van der Waals surface area contributed by atoms with Gasteiger partial charge in [-0.3, -0.25) is 4.79 Å². The molecule has 0 atom stereocenters. The van der Waals surface area contributed by atoms with Gasteiger partial charge in [-0.25, -0.2) is 0 Å². The number of carbonyl (C=O) groups is 1. The lowest BCUT2D eigenvalue weighted by Crippen LogP contribution is -2.15. The van der Waals surface area contributed by atoms with Crippen LogP contribution in [0.2, 0.25) is 0 Å². The Kier molecular flexibility index (Phi) is 7.37. The minimum Gasteiger partial charge on any atom is -0.299 e. The van der Waals surface area contributed by atoms with Crippen LogP contribution in [0.3, 0.4) is 0 Å². The summed E-state index contributed by atoms with van der Waals surface area (Å²) in [5, 5.41) is 8.79. The van der Waals surface area contributed by atoms with Crippen molar-refractivity contribution in [2.75, 3.05) is 0 Å². The summed E-state index contributed by atoms with van der Waals surface area (Å²) in [7, 11) is 0. The minimum atomic E-state index is -0.139. The highest BCUT2D eigenvalue weighted by Crippen LogP contribution is 2.27. The minimum absolute atomic E-state index is 0.0860. The van der Waals surface area contributed by atoms with E-state index in [1.54, 1.807) is 6.92 Å². The second-order valence-electron chi connectivity index (χ2n) is 5.68. The van der Waals surface area contributed by atoms with Gasteiger partial charge in [-0.2, -0.15) is 5.26 Å². The molecule has 3 heteroatoms. The summed E-state index contributed by atoms with van der Waals surface area (Å²) in [6.07, 6.45) is 1.36. The number of ketones is 1. The highest BCUT2D eigenvalue weighted by Gasteiger charge is 2.14. The van der Waals surface area contributed by atoms with Crippen molar-refractivity contribution in [1.82, 2.24) is 0 Å². The number of halogens is 1. The molecule has 92 valence electrons. The molecule has 0 aliphatic rings. The molecular formula is C13H22ClNO. The van der Waals surface area contributed by atoms with Crippen molar-refractivity contribution < 1.29 is 4.79 Å². The molecule has 0 aliphatic carbocycles. The van der Waals surface area contributed by atoms with Crippen LogP contribution in [0, 0.1) is 22.2 Å². The van der Waals surface area contributed by atoms with Gasteiger partial charge in [0.15, 0.2) is 0 Å². The van der Waals surface area contributed by atoms with Crippen LogP contribution in [0.1, 0.15) is 48.5 Å². The Bertz CT molecular complexity index is 297. The molecule has 0 aliphatic heterocycles. The number of nitrogens with zero attached hydrogens (tertiary/aromatic N) is 1. The van der Waals surface area contributed by atoms with E-state index in [2.05, 4.69) is 0 Å². The van der Waals surface area contributed by atoms with E-state index in [-0.39, 0.29) is 16.6 Å². The molecule has 0 spiro atoms. The molecule has 0 saturated heterocycles. The van der Waals surface area contributed by atoms with Gasteiger partial charge in [0.25, 0.3) is 0 Å². The Balaban J connectivity index is 0. The van der Waals surface area contributed by atoms with Crippen molar-refractivity contribution in [2.24, 2.45) is 10.8 Å². The van der Waals surface area contributed by atoms with Gasteiger partial charge in [-0.05, 0) is 12.3 Å². The first-order valence-electron chi connectivity index (χ1n) is 5.19. The maximum absolute atomic E-state index is 10.5. The lowest BCUT2D eigenvalue weighted by molar-refractivity contribution is -0.124.